The number of nitrogens with zero attached hydrogens (tertiary/aromatic N) is 2. The third kappa shape index (κ3) is 2.82. The van der Waals surface area contributed by atoms with Crippen LogP contribution in [0.3, 0.4) is 0 Å². The van der Waals surface area contributed by atoms with Crippen LogP contribution < -0.4 is 5.73 Å². The Labute approximate surface area is 129 Å². The van der Waals surface area contributed by atoms with Crippen molar-refractivity contribution >= 4 is 17.0 Å². The molecule has 114 valence electrons. The molecule has 1 heterocycles. The number of hydrogen-bond acceptors (Lipinski definition) is 2. The molecule has 3 nitrogen and oxygen atoms in total. The number of imidazole rings is 1. The largest absolute Gasteiger partial charge is 0.369 e. The number of rotatable bonds is 5. The molecule has 3 aromatic rings. The van der Waals surface area contributed by atoms with Gasteiger partial charge in [0.15, 0.2) is 0 Å². The highest BCUT2D eigenvalue weighted by Crippen LogP contribution is 2.24. The van der Waals surface area contributed by atoms with Gasteiger partial charge in [0.05, 0.1) is 17.6 Å². The van der Waals surface area contributed by atoms with Crippen molar-refractivity contribution in [3.05, 3.63) is 59.4 Å². The second kappa shape index (κ2) is 6.18. The fourth-order valence-electron chi connectivity index (χ4n) is 2.73. The second-order valence-corrected chi connectivity index (χ2v) is 5.57. The summed E-state index contributed by atoms with van der Waals surface area (Å²) in [6, 6.07) is 12.7. The normalized spacial score (nSPS) is 11.2. The van der Waals surface area contributed by atoms with E-state index >= 15 is 0 Å². The van der Waals surface area contributed by atoms with Crippen LogP contribution in [0.2, 0.25) is 0 Å². The number of halogens is 1. The van der Waals surface area contributed by atoms with Gasteiger partial charge in [-0.25, -0.2) is 9.37 Å². The summed E-state index contributed by atoms with van der Waals surface area (Å²) in [5.41, 5.74) is 10.4. The molecule has 0 unspecified atom stereocenters. The summed E-state index contributed by atoms with van der Waals surface area (Å²) in [7, 11) is 0. The van der Waals surface area contributed by atoms with Gasteiger partial charge in [0.1, 0.15) is 5.82 Å². The number of para-hydroxylation sites is 1. The molecule has 2 aromatic carbocycles. The minimum Gasteiger partial charge on any atom is -0.369 e. The number of aryl methyl sites for hydroxylation is 1. The van der Waals surface area contributed by atoms with E-state index in [0.29, 0.717) is 12.5 Å². The number of fused-ring (bicyclic) bond motifs is 1. The standard InChI is InChI=1S/C18H20FN3/c1-2-3-5-14-6-4-7-16-17(14)21-18(20)22(16)12-13-8-10-15(19)11-9-13/h4,6-11H,2-3,5,12H2,1H3,(H2,20,21). The lowest BCUT2D eigenvalue weighted by atomic mass is 10.1. The molecule has 0 aliphatic carbocycles. The van der Waals surface area contributed by atoms with E-state index < -0.39 is 0 Å². The molecule has 0 aliphatic rings. The molecule has 22 heavy (non-hydrogen) atoms. The van der Waals surface area contributed by atoms with Crippen molar-refractivity contribution in [1.82, 2.24) is 9.55 Å². The van der Waals surface area contributed by atoms with Crippen LogP contribution in [0.4, 0.5) is 10.3 Å². The van der Waals surface area contributed by atoms with Gasteiger partial charge in [0.2, 0.25) is 5.95 Å². The van der Waals surface area contributed by atoms with Crippen molar-refractivity contribution in [3.63, 3.8) is 0 Å². The SMILES string of the molecule is CCCCc1cccc2c1nc(N)n2Cc1ccc(F)cc1. The molecular formula is C18H20FN3. The van der Waals surface area contributed by atoms with Crippen LogP contribution in [-0.4, -0.2) is 9.55 Å². The van der Waals surface area contributed by atoms with Crippen molar-refractivity contribution in [1.29, 1.82) is 0 Å². The number of hydrogen-bond donors (Lipinski definition) is 1. The van der Waals surface area contributed by atoms with E-state index in [1.165, 1.54) is 17.7 Å². The quantitative estimate of drug-likeness (QED) is 0.769. The van der Waals surface area contributed by atoms with Crippen molar-refractivity contribution in [2.75, 3.05) is 5.73 Å². The van der Waals surface area contributed by atoms with Crippen molar-refractivity contribution < 1.29 is 4.39 Å². The summed E-state index contributed by atoms with van der Waals surface area (Å²) < 4.78 is 15.0. The summed E-state index contributed by atoms with van der Waals surface area (Å²) in [6.45, 7) is 2.78. The van der Waals surface area contributed by atoms with Crippen LogP contribution in [0.25, 0.3) is 11.0 Å². The first-order valence-corrected chi connectivity index (χ1v) is 7.67. The van der Waals surface area contributed by atoms with Gasteiger partial charge < -0.3 is 10.3 Å². The van der Waals surface area contributed by atoms with Gasteiger partial charge in [-0.2, -0.15) is 0 Å². The van der Waals surface area contributed by atoms with Gasteiger partial charge in [0.25, 0.3) is 0 Å². The highest BCUT2D eigenvalue weighted by atomic mass is 19.1. The van der Waals surface area contributed by atoms with Crippen LogP contribution >= 0.6 is 0 Å². The zero-order chi connectivity index (χ0) is 15.5. The van der Waals surface area contributed by atoms with Gasteiger partial charge in [-0.1, -0.05) is 37.6 Å². The average molecular weight is 297 g/mol. The van der Waals surface area contributed by atoms with Crippen LogP contribution in [0.15, 0.2) is 42.5 Å². The highest BCUT2D eigenvalue weighted by molar-refractivity contribution is 5.81. The Bertz CT molecular complexity index is 775. The zero-order valence-electron chi connectivity index (χ0n) is 12.7. The van der Waals surface area contributed by atoms with E-state index in [0.717, 1.165) is 35.9 Å². The van der Waals surface area contributed by atoms with Gasteiger partial charge in [0, 0.05) is 0 Å². The summed E-state index contributed by atoms with van der Waals surface area (Å²) >= 11 is 0. The molecule has 0 spiro atoms. The average Bonchev–Trinajstić information content (AvgIpc) is 2.84. The molecular weight excluding hydrogens is 277 g/mol. The van der Waals surface area contributed by atoms with E-state index in [2.05, 4.69) is 24.0 Å². The van der Waals surface area contributed by atoms with Gasteiger partial charge in [-0.05, 0) is 42.2 Å². The first-order valence-electron chi connectivity index (χ1n) is 7.67. The van der Waals surface area contributed by atoms with Crippen LogP contribution in [0, 0.1) is 5.82 Å². The summed E-state index contributed by atoms with van der Waals surface area (Å²) in [6.07, 6.45) is 3.31. The highest BCUT2D eigenvalue weighted by Gasteiger charge is 2.11. The number of nitrogen functional groups attached to an aromatic ring is 1. The molecule has 0 fully saturated rings. The number of aromatic nitrogens is 2. The monoisotopic (exact) mass is 297 g/mol. The van der Waals surface area contributed by atoms with E-state index in [4.69, 9.17) is 5.73 Å². The van der Waals surface area contributed by atoms with Crippen LogP contribution in [0.5, 0.6) is 0 Å². The third-order valence-electron chi connectivity index (χ3n) is 3.95. The molecule has 0 amide bonds. The summed E-state index contributed by atoms with van der Waals surface area (Å²) in [4.78, 5) is 4.55. The van der Waals surface area contributed by atoms with E-state index in [9.17, 15) is 4.39 Å². The Morgan fingerprint density at radius 1 is 1.14 bits per heavy atom. The van der Waals surface area contributed by atoms with E-state index in [1.54, 1.807) is 12.1 Å². The molecule has 0 saturated carbocycles. The number of anilines is 1. The predicted molar refractivity (Wildman–Crippen MR) is 88.3 cm³/mol. The summed E-state index contributed by atoms with van der Waals surface area (Å²) in [5, 5.41) is 0. The Morgan fingerprint density at radius 2 is 1.91 bits per heavy atom. The third-order valence-corrected chi connectivity index (χ3v) is 3.95. The Hall–Kier alpha value is -2.36. The lowest BCUT2D eigenvalue weighted by molar-refractivity contribution is 0.626. The maximum Gasteiger partial charge on any atom is 0.201 e. The molecule has 0 atom stereocenters. The maximum absolute atomic E-state index is 13.0. The Kier molecular flexibility index (Phi) is 4.09. The first kappa shape index (κ1) is 14.6. The molecule has 0 bridgehead atoms. The van der Waals surface area contributed by atoms with Gasteiger partial charge >= 0.3 is 0 Å². The smallest absolute Gasteiger partial charge is 0.201 e. The molecule has 4 heteroatoms. The minimum atomic E-state index is -0.228. The minimum absolute atomic E-state index is 0.228. The van der Waals surface area contributed by atoms with Crippen molar-refractivity contribution in [2.45, 2.75) is 32.7 Å². The molecule has 2 N–H and O–H groups in total. The van der Waals surface area contributed by atoms with Crippen LogP contribution in [-0.2, 0) is 13.0 Å². The molecule has 0 radical (unpaired) electrons. The van der Waals surface area contributed by atoms with Gasteiger partial charge in [-0.3, -0.25) is 0 Å². The molecule has 0 aliphatic heterocycles. The number of nitrogens with two attached hydrogens (primary N) is 1. The fraction of sp³-hybridized carbons (Fsp3) is 0.278. The maximum atomic E-state index is 13.0. The molecule has 0 saturated heterocycles. The number of unbranched alkanes of at least 4 members (excludes halogenated alkanes) is 1. The second-order valence-electron chi connectivity index (χ2n) is 5.57. The lowest BCUT2D eigenvalue weighted by Gasteiger charge is -2.07. The summed E-state index contributed by atoms with van der Waals surface area (Å²) in [5.74, 6) is 0.275. The van der Waals surface area contributed by atoms with E-state index in [-0.39, 0.29) is 5.82 Å². The Morgan fingerprint density at radius 3 is 2.64 bits per heavy atom. The first-order chi connectivity index (χ1) is 10.7. The zero-order valence-corrected chi connectivity index (χ0v) is 12.7. The van der Waals surface area contributed by atoms with Crippen molar-refractivity contribution in [2.24, 2.45) is 0 Å². The molecule has 3 rings (SSSR count). The predicted octanol–water partition coefficient (Wildman–Crippen LogP) is 4.15. The lowest BCUT2D eigenvalue weighted by Crippen LogP contribution is -2.04. The van der Waals surface area contributed by atoms with Crippen molar-refractivity contribution in [3.8, 4) is 0 Å². The number of benzene rings is 2. The Balaban J connectivity index is 1.99. The topological polar surface area (TPSA) is 43.8 Å². The van der Waals surface area contributed by atoms with Crippen LogP contribution in [0.1, 0.15) is 30.9 Å². The van der Waals surface area contributed by atoms with Gasteiger partial charge in [-0.15, -0.1) is 0 Å². The van der Waals surface area contributed by atoms with E-state index in [1.807, 2.05) is 10.6 Å². The molecule has 1 aromatic heterocycles. The fourth-order valence-corrected chi connectivity index (χ4v) is 2.73.